The van der Waals surface area contributed by atoms with Crippen LogP contribution >= 0.6 is 11.6 Å². The van der Waals surface area contributed by atoms with Crippen LogP contribution in [0.2, 0.25) is 5.02 Å². The number of amides is 1. The van der Waals surface area contributed by atoms with Crippen molar-refractivity contribution in [3.05, 3.63) is 82.2 Å². The quantitative estimate of drug-likeness (QED) is 0.409. The number of aromatic nitrogens is 4. The third kappa shape index (κ3) is 3.25. The van der Waals surface area contributed by atoms with Gasteiger partial charge in [0, 0.05) is 11.3 Å². The Morgan fingerprint density at radius 2 is 1.77 bits per heavy atom. The number of benzene rings is 3. The van der Waals surface area contributed by atoms with E-state index in [9.17, 15) is 9.59 Å². The van der Waals surface area contributed by atoms with Gasteiger partial charge in [-0.05, 0) is 42.5 Å². The molecule has 1 amide bonds. The Morgan fingerprint density at radius 1 is 1.00 bits per heavy atom. The van der Waals surface area contributed by atoms with E-state index in [4.69, 9.17) is 16.6 Å². The summed E-state index contributed by atoms with van der Waals surface area (Å²) in [7, 11) is 0. The van der Waals surface area contributed by atoms with Crippen LogP contribution in [0, 0.1) is 0 Å². The van der Waals surface area contributed by atoms with Gasteiger partial charge in [-0.15, -0.1) is 0 Å². The third-order valence-electron chi connectivity index (χ3n) is 4.87. The van der Waals surface area contributed by atoms with Crippen LogP contribution in [0.3, 0.4) is 0 Å². The van der Waals surface area contributed by atoms with E-state index < -0.39 is 0 Å². The molecule has 0 spiro atoms. The zero-order chi connectivity index (χ0) is 20.7. The van der Waals surface area contributed by atoms with Crippen molar-refractivity contribution >= 4 is 45.3 Å². The number of aromatic amines is 2. The Labute approximate surface area is 175 Å². The van der Waals surface area contributed by atoms with Gasteiger partial charge in [0.1, 0.15) is 12.4 Å². The SMILES string of the molecule is O=C(Cn1c(-c2ccccc2Cl)nc2ccccc21)Nc1ccc2[nH]c(=O)[nH]c2c1. The van der Waals surface area contributed by atoms with Crippen LogP contribution in [0.15, 0.2) is 71.5 Å². The Hall–Kier alpha value is -3.84. The molecule has 5 rings (SSSR count). The van der Waals surface area contributed by atoms with Gasteiger partial charge in [-0.2, -0.15) is 0 Å². The van der Waals surface area contributed by atoms with Crippen molar-refractivity contribution < 1.29 is 4.79 Å². The van der Waals surface area contributed by atoms with E-state index in [0.717, 1.165) is 16.6 Å². The van der Waals surface area contributed by atoms with E-state index >= 15 is 0 Å². The monoisotopic (exact) mass is 417 g/mol. The van der Waals surface area contributed by atoms with Gasteiger partial charge in [-0.3, -0.25) is 4.79 Å². The van der Waals surface area contributed by atoms with Crippen molar-refractivity contribution in [2.75, 3.05) is 5.32 Å². The van der Waals surface area contributed by atoms with Crippen LogP contribution in [0.1, 0.15) is 0 Å². The second-order valence-corrected chi connectivity index (χ2v) is 7.28. The normalized spacial score (nSPS) is 11.2. The summed E-state index contributed by atoms with van der Waals surface area (Å²) >= 11 is 6.40. The highest BCUT2D eigenvalue weighted by atomic mass is 35.5. The molecule has 0 atom stereocenters. The van der Waals surface area contributed by atoms with Gasteiger partial charge in [0.2, 0.25) is 5.91 Å². The number of para-hydroxylation sites is 2. The van der Waals surface area contributed by atoms with Gasteiger partial charge in [-0.1, -0.05) is 35.9 Å². The lowest BCUT2D eigenvalue weighted by Gasteiger charge is -2.11. The first-order valence-corrected chi connectivity index (χ1v) is 9.68. The molecule has 7 nitrogen and oxygen atoms in total. The highest BCUT2D eigenvalue weighted by Gasteiger charge is 2.17. The van der Waals surface area contributed by atoms with E-state index in [1.165, 1.54) is 0 Å². The fourth-order valence-corrected chi connectivity index (χ4v) is 3.76. The maximum Gasteiger partial charge on any atom is 0.323 e. The number of H-pyrrole nitrogens is 2. The van der Waals surface area contributed by atoms with Gasteiger partial charge < -0.3 is 19.9 Å². The molecule has 5 aromatic rings. The van der Waals surface area contributed by atoms with Crippen molar-refractivity contribution in [2.45, 2.75) is 6.54 Å². The van der Waals surface area contributed by atoms with Gasteiger partial charge in [0.05, 0.1) is 27.1 Å². The van der Waals surface area contributed by atoms with E-state index in [1.807, 2.05) is 47.0 Å². The maximum atomic E-state index is 12.9. The van der Waals surface area contributed by atoms with Crippen LogP contribution in [0.4, 0.5) is 5.69 Å². The molecule has 3 aromatic carbocycles. The first kappa shape index (κ1) is 18.2. The van der Waals surface area contributed by atoms with Crippen molar-refractivity contribution in [3.8, 4) is 11.4 Å². The molecule has 8 heteroatoms. The summed E-state index contributed by atoms with van der Waals surface area (Å²) in [6.07, 6.45) is 0. The second-order valence-electron chi connectivity index (χ2n) is 6.88. The number of imidazole rings is 2. The highest BCUT2D eigenvalue weighted by Crippen LogP contribution is 2.30. The molecule has 0 bridgehead atoms. The first-order valence-electron chi connectivity index (χ1n) is 9.30. The lowest BCUT2D eigenvalue weighted by Crippen LogP contribution is -2.19. The zero-order valence-electron chi connectivity index (χ0n) is 15.6. The predicted octanol–water partition coefficient (Wildman–Crippen LogP) is 4.17. The predicted molar refractivity (Wildman–Crippen MR) is 118 cm³/mol. The maximum absolute atomic E-state index is 12.9. The van der Waals surface area contributed by atoms with Gasteiger partial charge in [0.15, 0.2) is 0 Å². The molecular weight excluding hydrogens is 402 g/mol. The van der Waals surface area contributed by atoms with Crippen LogP contribution < -0.4 is 11.0 Å². The average Bonchev–Trinajstić information content (AvgIpc) is 3.28. The Morgan fingerprint density at radius 3 is 2.63 bits per heavy atom. The smallest absolute Gasteiger partial charge is 0.323 e. The lowest BCUT2D eigenvalue weighted by molar-refractivity contribution is -0.116. The summed E-state index contributed by atoms with van der Waals surface area (Å²) in [6, 6.07) is 20.3. The summed E-state index contributed by atoms with van der Waals surface area (Å²) in [5, 5.41) is 3.45. The molecule has 0 aliphatic rings. The summed E-state index contributed by atoms with van der Waals surface area (Å²) in [5.41, 5.74) is 3.99. The minimum absolute atomic E-state index is 0.0583. The van der Waals surface area contributed by atoms with E-state index in [-0.39, 0.29) is 18.1 Å². The van der Waals surface area contributed by atoms with Crippen LogP contribution in [-0.2, 0) is 11.3 Å². The minimum atomic E-state index is -0.289. The van der Waals surface area contributed by atoms with Crippen LogP contribution in [-0.4, -0.2) is 25.4 Å². The minimum Gasteiger partial charge on any atom is -0.324 e. The zero-order valence-corrected chi connectivity index (χ0v) is 16.4. The number of rotatable bonds is 4. The molecule has 2 heterocycles. The second kappa shape index (κ2) is 7.20. The molecule has 0 unspecified atom stereocenters. The van der Waals surface area contributed by atoms with Crippen molar-refractivity contribution in [2.24, 2.45) is 0 Å². The topological polar surface area (TPSA) is 95.6 Å². The number of nitrogens with zero attached hydrogens (tertiary/aromatic N) is 2. The molecule has 0 fully saturated rings. The molecule has 3 N–H and O–H groups in total. The molecule has 30 heavy (non-hydrogen) atoms. The molecule has 0 saturated heterocycles. The third-order valence-corrected chi connectivity index (χ3v) is 5.20. The van der Waals surface area contributed by atoms with Crippen molar-refractivity contribution in [1.29, 1.82) is 0 Å². The van der Waals surface area contributed by atoms with Gasteiger partial charge >= 0.3 is 5.69 Å². The number of halogens is 1. The number of carbonyl (C=O) groups is 1. The molecule has 2 aromatic heterocycles. The van der Waals surface area contributed by atoms with Gasteiger partial charge in [0.25, 0.3) is 0 Å². The highest BCUT2D eigenvalue weighted by molar-refractivity contribution is 6.33. The fourth-order valence-electron chi connectivity index (χ4n) is 3.54. The first-order chi connectivity index (χ1) is 14.6. The Balaban J connectivity index is 1.50. The molecular formula is C22H16ClN5O2. The largest absolute Gasteiger partial charge is 0.324 e. The number of carbonyl (C=O) groups excluding carboxylic acids is 1. The average molecular weight is 418 g/mol. The van der Waals surface area contributed by atoms with Crippen LogP contribution in [0.25, 0.3) is 33.5 Å². The standard InChI is InChI=1S/C22H16ClN5O2/c23-15-6-2-1-5-14(15)21-25-17-7-3-4-8-19(17)28(21)12-20(29)24-13-9-10-16-18(11-13)27-22(30)26-16/h1-11H,12H2,(H,24,29)(H2,26,27,30). The molecule has 0 saturated carbocycles. The molecule has 0 aliphatic carbocycles. The summed E-state index contributed by atoms with van der Waals surface area (Å²) < 4.78 is 1.85. The lowest BCUT2D eigenvalue weighted by atomic mass is 10.2. The molecule has 148 valence electrons. The number of hydrogen-bond donors (Lipinski definition) is 3. The summed E-state index contributed by atoms with van der Waals surface area (Å²) in [5.74, 6) is 0.408. The Kier molecular flexibility index (Phi) is 4.37. The van der Waals surface area contributed by atoms with E-state index in [0.29, 0.717) is 27.6 Å². The number of nitrogens with one attached hydrogen (secondary N) is 3. The van der Waals surface area contributed by atoms with Crippen molar-refractivity contribution in [1.82, 2.24) is 19.5 Å². The fraction of sp³-hybridized carbons (Fsp3) is 0.0455. The molecule has 0 aliphatic heterocycles. The van der Waals surface area contributed by atoms with Crippen LogP contribution in [0.5, 0.6) is 0 Å². The van der Waals surface area contributed by atoms with E-state index in [1.54, 1.807) is 24.3 Å². The number of fused-ring (bicyclic) bond motifs is 2. The Bertz CT molecular complexity index is 1460. The summed E-state index contributed by atoms with van der Waals surface area (Å²) in [6.45, 7) is 0.0583. The van der Waals surface area contributed by atoms with E-state index in [2.05, 4.69) is 15.3 Å². The number of anilines is 1. The number of hydrogen-bond acceptors (Lipinski definition) is 3. The van der Waals surface area contributed by atoms with Crippen molar-refractivity contribution in [3.63, 3.8) is 0 Å². The summed E-state index contributed by atoms with van der Waals surface area (Å²) in [4.78, 5) is 34.4. The molecule has 0 radical (unpaired) electrons. The van der Waals surface area contributed by atoms with Gasteiger partial charge in [-0.25, -0.2) is 9.78 Å².